The van der Waals surface area contributed by atoms with Crippen molar-refractivity contribution in [2.45, 2.75) is 6.92 Å². The predicted octanol–water partition coefficient (Wildman–Crippen LogP) is 3.23. The van der Waals surface area contributed by atoms with Gasteiger partial charge in [-0.15, -0.1) is 0 Å². The molecule has 0 aliphatic rings. The van der Waals surface area contributed by atoms with Crippen molar-refractivity contribution in [3.8, 4) is 11.1 Å². The van der Waals surface area contributed by atoms with Crippen molar-refractivity contribution >= 4 is 56.9 Å². The first-order chi connectivity index (χ1) is 16.2. The molecule has 0 amide bonds. The van der Waals surface area contributed by atoms with Gasteiger partial charge >= 0.3 is 213 Å². The topological polar surface area (TPSA) is 12.9 Å². The van der Waals surface area contributed by atoms with E-state index in [9.17, 15) is 0 Å². The Morgan fingerprint density at radius 3 is 1.48 bits per heavy atom. The first-order valence-corrected chi connectivity index (χ1v) is 14.9. The van der Waals surface area contributed by atoms with Crippen LogP contribution in [-0.4, -0.2) is 37.8 Å². The second-order valence-corrected chi connectivity index (χ2v) is 13.9. The Kier molecular flexibility index (Phi) is 6.35. The summed E-state index contributed by atoms with van der Waals surface area (Å²) in [5.74, 6) is 0. The van der Waals surface area contributed by atoms with Crippen LogP contribution in [0.3, 0.4) is 0 Å². The Morgan fingerprint density at radius 2 is 1.00 bits per heavy atom. The molecule has 0 aliphatic heterocycles. The van der Waals surface area contributed by atoms with Gasteiger partial charge in [0.2, 0.25) is 0 Å². The van der Waals surface area contributed by atoms with Crippen LogP contribution in [-0.2, 0) is 0 Å². The normalized spacial score (nSPS) is 11.3. The van der Waals surface area contributed by atoms with E-state index in [-0.39, 0.29) is 0 Å². The molecule has 0 saturated heterocycles. The Hall–Kier alpha value is -2.87. The standard InChI is InChI=1S/C30H24NSi.Bi/c1-24-22-26(20-21-31-24)25-12-11-19-30(23-25)32(27-13-5-2-6-14-27,28-15-7-3-8-16-28)29-17-9-4-10-18-29;/h2-20,22-23H,1H3;. The summed E-state index contributed by atoms with van der Waals surface area (Å²) < 4.78 is 1.16. The number of hydrogen-bond donors (Lipinski definition) is 0. The summed E-state index contributed by atoms with van der Waals surface area (Å²) in [4.78, 5) is 4.63. The molecule has 158 valence electrons. The number of pyridine rings is 1. The monoisotopic (exact) mass is 635 g/mol. The molecule has 5 aromatic rings. The van der Waals surface area contributed by atoms with E-state index in [1.807, 2.05) is 0 Å². The second kappa shape index (κ2) is 9.55. The fourth-order valence-corrected chi connectivity index (χ4v) is 10.8. The quantitative estimate of drug-likeness (QED) is 0.214. The number of aromatic nitrogens is 1. The molecule has 2 radical (unpaired) electrons. The Balaban J connectivity index is 1.84. The SMILES string of the molecule is Cc1cc(-c2cccc([Si](c3ccccc3)(c3ccccc3)c3ccccc3)c2)c[c]([Bi])n1. The van der Waals surface area contributed by atoms with Crippen LogP contribution in [0.1, 0.15) is 5.69 Å². The van der Waals surface area contributed by atoms with Gasteiger partial charge in [0, 0.05) is 0 Å². The van der Waals surface area contributed by atoms with E-state index < -0.39 is 8.07 Å². The van der Waals surface area contributed by atoms with E-state index in [2.05, 4.69) is 139 Å². The molecule has 0 fully saturated rings. The molecule has 0 N–H and O–H groups in total. The first-order valence-electron chi connectivity index (χ1n) is 11.1. The van der Waals surface area contributed by atoms with Gasteiger partial charge in [-0.3, -0.25) is 0 Å². The molecule has 1 aromatic heterocycles. The molecule has 0 saturated carbocycles. The van der Waals surface area contributed by atoms with E-state index in [4.69, 9.17) is 0 Å². The van der Waals surface area contributed by atoms with Gasteiger partial charge in [-0.25, -0.2) is 0 Å². The summed E-state index contributed by atoms with van der Waals surface area (Å²) in [6, 6.07) is 46.9. The van der Waals surface area contributed by atoms with Crippen LogP contribution >= 0.6 is 0 Å². The van der Waals surface area contributed by atoms with E-state index in [1.165, 1.54) is 56.6 Å². The van der Waals surface area contributed by atoms with Crippen molar-refractivity contribution in [1.29, 1.82) is 0 Å². The van der Waals surface area contributed by atoms with Crippen molar-refractivity contribution in [3.05, 3.63) is 133 Å². The minimum absolute atomic E-state index is 1.08. The van der Waals surface area contributed by atoms with Crippen molar-refractivity contribution in [2.24, 2.45) is 0 Å². The van der Waals surface area contributed by atoms with E-state index in [0.29, 0.717) is 0 Å². The molecule has 5 rings (SSSR count). The summed E-state index contributed by atoms with van der Waals surface area (Å²) in [6.07, 6.45) is 0. The fourth-order valence-electron chi connectivity index (χ4n) is 4.81. The van der Waals surface area contributed by atoms with Crippen molar-refractivity contribution < 1.29 is 0 Å². The number of benzene rings is 4. The van der Waals surface area contributed by atoms with Crippen molar-refractivity contribution in [1.82, 2.24) is 4.98 Å². The molecule has 1 heterocycles. The Bertz CT molecular complexity index is 1250. The molecule has 33 heavy (non-hydrogen) atoms. The van der Waals surface area contributed by atoms with Crippen LogP contribution in [0, 0.1) is 6.92 Å². The van der Waals surface area contributed by atoms with Gasteiger partial charge < -0.3 is 0 Å². The third kappa shape index (κ3) is 4.24. The van der Waals surface area contributed by atoms with Crippen LogP contribution in [0.5, 0.6) is 0 Å². The van der Waals surface area contributed by atoms with Crippen LogP contribution < -0.4 is 24.1 Å². The van der Waals surface area contributed by atoms with E-state index in [0.717, 1.165) is 9.10 Å². The van der Waals surface area contributed by atoms with Crippen molar-refractivity contribution in [3.63, 3.8) is 0 Å². The third-order valence-corrected chi connectivity index (χ3v) is 11.9. The number of hydrogen-bond acceptors (Lipinski definition) is 1. The molecule has 0 aliphatic carbocycles. The zero-order valence-electron chi connectivity index (χ0n) is 18.5. The average molecular weight is 636 g/mol. The molecule has 3 heteroatoms. The number of rotatable bonds is 5. The van der Waals surface area contributed by atoms with Crippen LogP contribution in [0.15, 0.2) is 127 Å². The molecule has 0 unspecified atom stereocenters. The van der Waals surface area contributed by atoms with Gasteiger partial charge in [0.05, 0.1) is 0 Å². The second-order valence-electron chi connectivity index (χ2n) is 8.28. The van der Waals surface area contributed by atoms with Crippen LogP contribution in [0.25, 0.3) is 11.1 Å². The van der Waals surface area contributed by atoms with E-state index in [1.54, 1.807) is 0 Å². The minimum atomic E-state index is -2.50. The van der Waals surface area contributed by atoms with Gasteiger partial charge in [-0.2, -0.15) is 0 Å². The Morgan fingerprint density at radius 1 is 0.515 bits per heavy atom. The van der Waals surface area contributed by atoms with Gasteiger partial charge in [-0.05, 0) is 0 Å². The summed E-state index contributed by atoms with van der Waals surface area (Å²) >= 11 is 1.17. The zero-order valence-corrected chi connectivity index (χ0v) is 23.0. The zero-order chi connectivity index (χ0) is 22.7. The number of nitrogens with zero attached hydrogens (tertiary/aromatic N) is 1. The summed E-state index contributed by atoms with van der Waals surface area (Å²) in [6.45, 7) is 2.08. The van der Waals surface area contributed by atoms with Gasteiger partial charge in [0.25, 0.3) is 0 Å². The molecular weight excluding hydrogens is 611 g/mol. The Labute approximate surface area is 212 Å². The summed E-state index contributed by atoms with van der Waals surface area (Å²) in [7, 11) is -2.50. The maximum absolute atomic E-state index is 4.63. The van der Waals surface area contributed by atoms with Gasteiger partial charge in [-0.1, -0.05) is 0 Å². The maximum atomic E-state index is 4.63. The van der Waals surface area contributed by atoms with Gasteiger partial charge in [0.1, 0.15) is 0 Å². The van der Waals surface area contributed by atoms with Crippen molar-refractivity contribution in [2.75, 3.05) is 0 Å². The fraction of sp³-hybridized carbons (Fsp3) is 0.0333. The molecule has 1 nitrogen and oxygen atoms in total. The molecule has 0 bridgehead atoms. The van der Waals surface area contributed by atoms with Crippen LogP contribution in [0.4, 0.5) is 0 Å². The average Bonchev–Trinajstić information content (AvgIpc) is 2.86. The number of aryl methyl sites for hydroxylation is 1. The van der Waals surface area contributed by atoms with E-state index >= 15 is 0 Å². The molecular formula is C30H24BiNSi. The first kappa shape index (κ1) is 21.9. The third-order valence-electron chi connectivity index (χ3n) is 6.19. The van der Waals surface area contributed by atoms with Gasteiger partial charge in [0.15, 0.2) is 0 Å². The summed E-state index contributed by atoms with van der Waals surface area (Å²) in [5.41, 5.74) is 3.58. The molecule has 4 aromatic carbocycles. The molecule has 0 spiro atoms. The molecule has 0 atom stereocenters. The summed E-state index contributed by atoms with van der Waals surface area (Å²) in [5, 5.41) is 5.58. The van der Waals surface area contributed by atoms with Crippen LogP contribution in [0.2, 0.25) is 0 Å². The predicted molar refractivity (Wildman–Crippen MR) is 143 cm³/mol.